The Morgan fingerprint density at radius 2 is 1.79 bits per heavy atom. The van der Waals surface area contributed by atoms with Gasteiger partial charge in [0, 0.05) is 6.08 Å². The Morgan fingerprint density at radius 1 is 1.12 bits per heavy atom. The zero-order valence-electron chi connectivity index (χ0n) is 13.1. The maximum absolute atomic E-state index is 12.5. The van der Waals surface area contributed by atoms with Gasteiger partial charge in [-0.3, -0.25) is 4.79 Å². The minimum Gasteiger partial charge on any atom is -0.495 e. The van der Waals surface area contributed by atoms with E-state index in [0.29, 0.717) is 17.0 Å². The maximum atomic E-state index is 12.5. The van der Waals surface area contributed by atoms with Crippen molar-refractivity contribution in [2.45, 2.75) is 13.1 Å². The molecule has 1 N–H and O–H groups in total. The lowest BCUT2D eigenvalue weighted by Gasteiger charge is -2.09. The zero-order chi connectivity index (χ0) is 17.7. The highest BCUT2D eigenvalue weighted by atomic mass is 19.4. The van der Waals surface area contributed by atoms with Crippen molar-refractivity contribution in [3.05, 3.63) is 65.2 Å². The first-order chi connectivity index (χ1) is 11.3. The van der Waals surface area contributed by atoms with Crippen LogP contribution in [-0.4, -0.2) is 13.0 Å². The van der Waals surface area contributed by atoms with E-state index in [2.05, 4.69) is 5.32 Å². The molecule has 0 spiro atoms. The molecule has 0 aliphatic carbocycles. The summed E-state index contributed by atoms with van der Waals surface area (Å²) >= 11 is 0. The van der Waals surface area contributed by atoms with Gasteiger partial charge in [0.1, 0.15) is 5.75 Å². The fourth-order valence-corrected chi connectivity index (χ4v) is 2.05. The molecular formula is C18H16F3NO2. The Balaban J connectivity index is 2.07. The summed E-state index contributed by atoms with van der Waals surface area (Å²) in [4.78, 5) is 12.0. The van der Waals surface area contributed by atoms with Crippen molar-refractivity contribution < 1.29 is 22.7 Å². The van der Waals surface area contributed by atoms with E-state index in [0.717, 1.165) is 17.7 Å². The third-order valence-electron chi connectivity index (χ3n) is 3.28. The van der Waals surface area contributed by atoms with Gasteiger partial charge in [0.25, 0.3) is 0 Å². The molecule has 6 heteroatoms. The summed E-state index contributed by atoms with van der Waals surface area (Å²) in [5.74, 6) is 0.121. The highest BCUT2D eigenvalue weighted by Crippen LogP contribution is 2.29. The van der Waals surface area contributed by atoms with Crippen LogP contribution in [0.5, 0.6) is 5.75 Å². The molecule has 3 nitrogen and oxygen atoms in total. The Labute approximate surface area is 137 Å². The fourth-order valence-electron chi connectivity index (χ4n) is 2.05. The SMILES string of the molecule is COc1ccc(C)cc1NC(=O)/C=C/c1ccc(C(F)(F)F)cc1. The van der Waals surface area contributed by atoms with E-state index < -0.39 is 17.6 Å². The fraction of sp³-hybridized carbons (Fsp3) is 0.167. The van der Waals surface area contributed by atoms with Crippen LogP contribution in [0.2, 0.25) is 0 Å². The summed E-state index contributed by atoms with van der Waals surface area (Å²) in [6, 6.07) is 9.92. The molecule has 0 fully saturated rings. The van der Waals surface area contributed by atoms with Crippen LogP contribution in [0.15, 0.2) is 48.5 Å². The van der Waals surface area contributed by atoms with E-state index in [-0.39, 0.29) is 0 Å². The van der Waals surface area contributed by atoms with Crippen LogP contribution in [0, 0.1) is 6.92 Å². The van der Waals surface area contributed by atoms with E-state index in [1.54, 1.807) is 12.1 Å². The van der Waals surface area contributed by atoms with E-state index in [1.807, 2.05) is 13.0 Å². The van der Waals surface area contributed by atoms with Gasteiger partial charge in [-0.2, -0.15) is 13.2 Å². The second-order valence-electron chi connectivity index (χ2n) is 5.15. The number of hydrogen-bond donors (Lipinski definition) is 1. The van der Waals surface area contributed by atoms with Crippen LogP contribution in [0.3, 0.4) is 0 Å². The Kier molecular flexibility index (Phi) is 5.28. The number of alkyl halides is 3. The number of hydrogen-bond acceptors (Lipinski definition) is 2. The third-order valence-corrected chi connectivity index (χ3v) is 3.28. The number of anilines is 1. The van der Waals surface area contributed by atoms with Crippen molar-refractivity contribution in [2.24, 2.45) is 0 Å². The van der Waals surface area contributed by atoms with Gasteiger partial charge in [-0.1, -0.05) is 18.2 Å². The predicted octanol–water partition coefficient (Wildman–Crippen LogP) is 4.67. The second kappa shape index (κ2) is 7.21. The number of methoxy groups -OCH3 is 1. The highest BCUT2D eigenvalue weighted by molar-refractivity contribution is 6.02. The Hall–Kier alpha value is -2.76. The summed E-state index contributed by atoms with van der Waals surface area (Å²) in [6.45, 7) is 1.88. The predicted molar refractivity (Wildman–Crippen MR) is 86.8 cm³/mol. The quantitative estimate of drug-likeness (QED) is 0.824. The minimum absolute atomic E-state index is 0.404. The molecule has 126 valence electrons. The van der Waals surface area contributed by atoms with Crippen LogP contribution in [-0.2, 0) is 11.0 Å². The summed E-state index contributed by atoms with van der Waals surface area (Å²) < 4.78 is 42.6. The maximum Gasteiger partial charge on any atom is 0.416 e. The highest BCUT2D eigenvalue weighted by Gasteiger charge is 2.29. The van der Waals surface area contributed by atoms with E-state index in [4.69, 9.17) is 4.74 Å². The number of carbonyl (C=O) groups is 1. The molecule has 24 heavy (non-hydrogen) atoms. The second-order valence-corrected chi connectivity index (χ2v) is 5.15. The van der Waals surface area contributed by atoms with E-state index >= 15 is 0 Å². The first-order valence-electron chi connectivity index (χ1n) is 7.10. The van der Waals surface area contributed by atoms with Crippen molar-refractivity contribution in [1.82, 2.24) is 0 Å². The van der Waals surface area contributed by atoms with Crippen LogP contribution in [0.1, 0.15) is 16.7 Å². The molecule has 0 heterocycles. The minimum atomic E-state index is -4.37. The molecule has 2 aromatic carbocycles. The smallest absolute Gasteiger partial charge is 0.416 e. The molecular weight excluding hydrogens is 319 g/mol. The summed E-state index contributed by atoms with van der Waals surface area (Å²) in [5, 5.41) is 2.68. The molecule has 2 aromatic rings. The number of amides is 1. The molecule has 2 rings (SSSR count). The molecule has 0 aliphatic heterocycles. The summed E-state index contributed by atoms with van der Waals surface area (Å²) in [7, 11) is 1.50. The number of nitrogens with one attached hydrogen (secondary N) is 1. The standard InChI is InChI=1S/C18H16F3NO2/c1-12-3-9-16(24-2)15(11-12)22-17(23)10-6-13-4-7-14(8-5-13)18(19,20)21/h3-11H,1-2H3,(H,22,23)/b10-6+. The van der Waals surface area contributed by atoms with Crippen LogP contribution < -0.4 is 10.1 Å². The van der Waals surface area contributed by atoms with Gasteiger partial charge in [-0.15, -0.1) is 0 Å². The average Bonchev–Trinajstić information content (AvgIpc) is 2.53. The van der Waals surface area contributed by atoms with Gasteiger partial charge in [0.15, 0.2) is 0 Å². The number of ether oxygens (including phenoxy) is 1. The summed E-state index contributed by atoms with van der Waals surface area (Å²) in [5.41, 5.74) is 1.25. The van der Waals surface area contributed by atoms with Crippen molar-refractivity contribution in [3.63, 3.8) is 0 Å². The third kappa shape index (κ3) is 4.62. The summed E-state index contributed by atoms with van der Waals surface area (Å²) in [6.07, 6.45) is -1.68. The average molecular weight is 335 g/mol. The van der Waals surface area contributed by atoms with Gasteiger partial charge < -0.3 is 10.1 Å². The van der Waals surface area contributed by atoms with Crippen molar-refractivity contribution >= 4 is 17.7 Å². The zero-order valence-corrected chi connectivity index (χ0v) is 13.1. The van der Waals surface area contributed by atoms with Gasteiger partial charge >= 0.3 is 6.18 Å². The van der Waals surface area contributed by atoms with Crippen LogP contribution in [0.25, 0.3) is 6.08 Å². The van der Waals surface area contributed by atoms with E-state index in [1.165, 1.54) is 31.4 Å². The lowest BCUT2D eigenvalue weighted by molar-refractivity contribution is -0.137. The normalized spacial score (nSPS) is 11.5. The Bertz CT molecular complexity index is 750. The topological polar surface area (TPSA) is 38.3 Å². The molecule has 0 atom stereocenters. The molecule has 0 saturated heterocycles. The lowest BCUT2D eigenvalue weighted by Crippen LogP contribution is -2.09. The first-order valence-corrected chi connectivity index (χ1v) is 7.10. The Morgan fingerprint density at radius 3 is 2.38 bits per heavy atom. The number of benzene rings is 2. The van der Waals surface area contributed by atoms with Gasteiger partial charge in [-0.25, -0.2) is 0 Å². The largest absolute Gasteiger partial charge is 0.495 e. The molecule has 0 bridgehead atoms. The molecule has 1 amide bonds. The monoisotopic (exact) mass is 335 g/mol. The number of carbonyl (C=O) groups excluding carboxylic acids is 1. The van der Waals surface area contributed by atoms with Crippen molar-refractivity contribution in [1.29, 1.82) is 0 Å². The van der Waals surface area contributed by atoms with Crippen molar-refractivity contribution in [3.8, 4) is 5.75 Å². The van der Waals surface area contributed by atoms with Crippen LogP contribution >= 0.6 is 0 Å². The van der Waals surface area contributed by atoms with Crippen molar-refractivity contribution in [2.75, 3.05) is 12.4 Å². The van der Waals surface area contributed by atoms with E-state index in [9.17, 15) is 18.0 Å². The number of halogens is 3. The van der Waals surface area contributed by atoms with Gasteiger partial charge in [0.2, 0.25) is 5.91 Å². The van der Waals surface area contributed by atoms with Crippen LogP contribution in [0.4, 0.5) is 18.9 Å². The molecule has 0 unspecified atom stereocenters. The molecule has 0 aromatic heterocycles. The molecule has 0 aliphatic rings. The lowest BCUT2D eigenvalue weighted by atomic mass is 10.1. The van der Waals surface area contributed by atoms with Gasteiger partial charge in [0.05, 0.1) is 18.4 Å². The van der Waals surface area contributed by atoms with Gasteiger partial charge in [-0.05, 0) is 48.4 Å². The first kappa shape index (κ1) is 17.6. The molecule has 0 saturated carbocycles. The molecule has 0 radical (unpaired) electrons. The number of rotatable bonds is 4. The number of aryl methyl sites for hydroxylation is 1.